The van der Waals surface area contributed by atoms with Crippen LogP contribution in [0.5, 0.6) is 0 Å². The van der Waals surface area contributed by atoms with Crippen LogP contribution in [-0.2, 0) is 4.74 Å². The van der Waals surface area contributed by atoms with E-state index in [0.29, 0.717) is 6.61 Å². The van der Waals surface area contributed by atoms with E-state index in [1.54, 1.807) is 6.92 Å². The summed E-state index contributed by atoms with van der Waals surface area (Å²) in [6, 6.07) is 0. The van der Waals surface area contributed by atoms with Crippen molar-refractivity contribution in [3.8, 4) is 0 Å². The number of hydrogen-bond acceptors (Lipinski definition) is 4. The third kappa shape index (κ3) is 3.37. The maximum Gasteiger partial charge on any atom is 0.344 e. The minimum Gasteiger partial charge on any atom is -0.462 e. The molecule has 0 aliphatic heterocycles. The number of ether oxygens (including phenoxy) is 1. The molecule has 0 unspecified atom stereocenters. The zero-order chi connectivity index (χ0) is 8.97. The van der Waals surface area contributed by atoms with Gasteiger partial charge < -0.3 is 9.72 Å². The van der Waals surface area contributed by atoms with Gasteiger partial charge in [-0.1, -0.05) is 0 Å². The molecule has 6 heteroatoms. The summed E-state index contributed by atoms with van der Waals surface area (Å²) in [5.74, 6) is -0.485. The molecule has 1 aromatic rings. The molecule has 13 heavy (non-hydrogen) atoms. The highest BCUT2D eigenvalue weighted by Crippen LogP contribution is 1.94. The summed E-state index contributed by atoms with van der Waals surface area (Å²) in [5.41, 5.74) is -0.237. The van der Waals surface area contributed by atoms with Crippen LogP contribution in [0, 0.1) is 0 Å². The molecule has 0 aromatic carbocycles. The molecule has 5 nitrogen and oxygen atoms in total. The van der Waals surface area contributed by atoms with Crippen molar-refractivity contribution in [2.45, 2.75) is 6.92 Å². The van der Waals surface area contributed by atoms with Crippen LogP contribution in [0.15, 0.2) is 17.2 Å². The summed E-state index contributed by atoms with van der Waals surface area (Å²) in [6.07, 6.45) is 2.45. The van der Waals surface area contributed by atoms with Gasteiger partial charge in [-0.3, -0.25) is 0 Å². The smallest absolute Gasteiger partial charge is 0.344 e. The predicted molar refractivity (Wildman–Crippen MR) is 51.1 cm³/mol. The first-order chi connectivity index (χ1) is 5.74. The highest BCUT2D eigenvalue weighted by Gasteiger charge is 2.05. The Bertz CT molecular complexity index is 316. The van der Waals surface area contributed by atoms with E-state index in [-0.39, 0.29) is 22.5 Å². The lowest BCUT2D eigenvalue weighted by atomic mass is 10.3. The Morgan fingerprint density at radius 2 is 2.38 bits per heavy atom. The molecule has 0 atom stereocenters. The van der Waals surface area contributed by atoms with Gasteiger partial charge in [-0.25, -0.2) is 14.6 Å². The second-order valence-electron chi connectivity index (χ2n) is 2.03. The van der Waals surface area contributed by atoms with Crippen LogP contribution < -0.4 is 5.69 Å². The van der Waals surface area contributed by atoms with E-state index in [2.05, 4.69) is 14.7 Å². The number of aromatic nitrogens is 2. The van der Waals surface area contributed by atoms with Crippen molar-refractivity contribution in [3.63, 3.8) is 0 Å². The van der Waals surface area contributed by atoms with Crippen LogP contribution in [0.2, 0.25) is 0 Å². The first-order valence-corrected chi connectivity index (χ1v) is 3.46. The summed E-state index contributed by atoms with van der Waals surface area (Å²) >= 11 is 0. The molecule has 1 aromatic heterocycles. The maximum atomic E-state index is 11.0. The highest BCUT2D eigenvalue weighted by atomic mass is 79.9. The number of rotatable bonds is 2. The minimum absolute atomic E-state index is 0. The van der Waals surface area contributed by atoms with Gasteiger partial charge in [0.05, 0.1) is 12.2 Å². The summed E-state index contributed by atoms with van der Waals surface area (Å²) in [6.45, 7) is 2.01. The van der Waals surface area contributed by atoms with Crippen LogP contribution in [0.4, 0.5) is 0 Å². The van der Waals surface area contributed by atoms with Crippen molar-refractivity contribution in [2.24, 2.45) is 0 Å². The number of hydrogen-bond donors (Lipinski definition) is 1. The molecule has 0 spiro atoms. The average Bonchev–Trinajstić information content (AvgIpc) is 2.06. The molecule has 0 amide bonds. The lowest BCUT2D eigenvalue weighted by molar-refractivity contribution is 0.0525. The fourth-order valence-electron chi connectivity index (χ4n) is 0.668. The van der Waals surface area contributed by atoms with Crippen molar-refractivity contribution in [1.82, 2.24) is 9.97 Å². The molecule has 0 saturated carbocycles. The minimum atomic E-state index is -0.485. The van der Waals surface area contributed by atoms with Gasteiger partial charge in [0.1, 0.15) is 0 Å². The van der Waals surface area contributed by atoms with Crippen molar-refractivity contribution < 1.29 is 9.53 Å². The van der Waals surface area contributed by atoms with Gasteiger partial charge in [0.2, 0.25) is 0 Å². The number of nitrogens with zero attached hydrogens (tertiary/aromatic N) is 1. The molecule has 0 radical (unpaired) electrons. The quantitative estimate of drug-likeness (QED) is 0.776. The van der Waals surface area contributed by atoms with Crippen LogP contribution in [0.25, 0.3) is 0 Å². The van der Waals surface area contributed by atoms with E-state index in [1.165, 1.54) is 12.4 Å². The standard InChI is InChI=1S/C7H8N2O3.BrH/c1-2-12-6(10)5-3-8-7(11)9-4-5;/h3-4H,2H2,1H3,(H,8,9,11);1H. The van der Waals surface area contributed by atoms with Crippen molar-refractivity contribution in [3.05, 3.63) is 28.4 Å². The normalized spacial score (nSPS) is 8.69. The number of carbonyl (C=O) groups is 1. The number of H-pyrrole nitrogens is 1. The number of aromatic amines is 1. The Kier molecular flexibility index (Phi) is 4.98. The lowest BCUT2D eigenvalue weighted by Gasteiger charge is -1.98. The summed E-state index contributed by atoms with van der Waals surface area (Å²) in [5, 5.41) is 0. The van der Waals surface area contributed by atoms with E-state index < -0.39 is 11.7 Å². The van der Waals surface area contributed by atoms with Gasteiger partial charge in [0.15, 0.2) is 0 Å². The lowest BCUT2D eigenvalue weighted by Crippen LogP contribution is -2.13. The molecule has 0 aliphatic rings. The Labute approximate surface area is 84.9 Å². The van der Waals surface area contributed by atoms with Gasteiger partial charge in [0.25, 0.3) is 0 Å². The van der Waals surface area contributed by atoms with Gasteiger partial charge in [-0.2, -0.15) is 0 Å². The average molecular weight is 249 g/mol. The van der Waals surface area contributed by atoms with E-state index >= 15 is 0 Å². The topological polar surface area (TPSA) is 72.0 Å². The second kappa shape index (κ2) is 5.47. The van der Waals surface area contributed by atoms with Gasteiger partial charge in [0, 0.05) is 12.4 Å². The third-order valence-electron chi connectivity index (χ3n) is 1.18. The maximum absolute atomic E-state index is 11.0. The molecule has 1 rings (SSSR count). The molecule has 0 fully saturated rings. The predicted octanol–water partition coefficient (Wildman–Crippen LogP) is 0.524. The Balaban J connectivity index is 0.00000144. The first kappa shape index (κ1) is 11.8. The van der Waals surface area contributed by atoms with Crippen LogP contribution in [0.3, 0.4) is 0 Å². The largest absolute Gasteiger partial charge is 0.462 e. The number of esters is 1. The number of nitrogens with one attached hydrogen (secondary N) is 1. The third-order valence-corrected chi connectivity index (χ3v) is 1.18. The summed E-state index contributed by atoms with van der Waals surface area (Å²) < 4.78 is 4.67. The summed E-state index contributed by atoms with van der Waals surface area (Å²) in [4.78, 5) is 27.1. The molecule has 0 saturated heterocycles. The molecular formula is C7H9BrN2O3. The molecule has 0 bridgehead atoms. The molecule has 1 heterocycles. The Morgan fingerprint density at radius 1 is 1.69 bits per heavy atom. The van der Waals surface area contributed by atoms with E-state index in [1.807, 2.05) is 0 Å². The van der Waals surface area contributed by atoms with E-state index in [4.69, 9.17) is 0 Å². The first-order valence-electron chi connectivity index (χ1n) is 3.46. The zero-order valence-electron chi connectivity index (χ0n) is 6.94. The highest BCUT2D eigenvalue weighted by molar-refractivity contribution is 8.93. The molecular weight excluding hydrogens is 240 g/mol. The Hall–Kier alpha value is -1.17. The van der Waals surface area contributed by atoms with Crippen molar-refractivity contribution in [1.29, 1.82) is 0 Å². The molecule has 72 valence electrons. The van der Waals surface area contributed by atoms with Crippen molar-refractivity contribution in [2.75, 3.05) is 6.61 Å². The molecule has 1 N–H and O–H groups in total. The molecule has 0 aliphatic carbocycles. The number of carbonyl (C=O) groups excluding carboxylic acids is 1. The fourth-order valence-corrected chi connectivity index (χ4v) is 0.668. The monoisotopic (exact) mass is 248 g/mol. The van der Waals surface area contributed by atoms with Crippen molar-refractivity contribution >= 4 is 23.0 Å². The summed E-state index contributed by atoms with van der Waals surface area (Å²) in [7, 11) is 0. The van der Waals surface area contributed by atoms with Crippen LogP contribution in [0.1, 0.15) is 17.3 Å². The zero-order valence-corrected chi connectivity index (χ0v) is 8.66. The van der Waals surface area contributed by atoms with Gasteiger partial charge in [-0.05, 0) is 6.92 Å². The number of halogens is 1. The second-order valence-corrected chi connectivity index (χ2v) is 2.03. The van der Waals surface area contributed by atoms with E-state index in [9.17, 15) is 9.59 Å². The van der Waals surface area contributed by atoms with Gasteiger partial charge in [-0.15, -0.1) is 17.0 Å². The Morgan fingerprint density at radius 3 is 2.85 bits per heavy atom. The van der Waals surface area contributed by atoms with Crippen LogP contribution in [-0.4, -0.2) is 22.5 Å². The van der Waals surface area contributed by atoms with Crippen LogP contribution >= 0.6 is 17.0 Å². The fraction of sp³-hybridized carbons (Fsp3) is 0.286. The van der Waals surface area contributed by atoms with E-state index in [0.717, 1.165) is 0 Å². The SMILES string of the molecule is Br.CCOC(=O)c1cnc(=O)[nH]c1. The van der Waals surface area contributed by atoms with Gasteiger partial charge >= 0.3 is 11.7 Å².